The van der Waals surface area contributed by atoms with E-state index in [4.69, 9.17) is 9.47 Å². The molecule has 0 heterocycles. The summed E-state index contributed by atoms with van der Waals surface area (Å²) in [5.41, 5.74) is 4.56. The molecule has 0 saturated heterocycles. The second kappa shape index (κ2) is 8.77. The largest absolute Gasteiger partial charge is 0.493 e. The van der Waals surface area contributed by atoms with Gasteiger partial charge in [-0.3, -0.25) is 0 Å². The fourth-order valence-corrected chi connectivity index (χ4v) is 3.22. The Balaban J connectivity index is 1.71. The van der Waals surface area contributed by atoms with Gasteiger partial charge < -0.3 is 14.8 Å². The molecule has 3 nitrogen and oxygen atoms in total. The van der Waals surface area contributed by atoms with Crippen molar-refractivity contribution in [3.63, 3.8) is 0 Å². The van der Waals surface area contributed by atoms with Crippen molar-refractivity contribution in [3.05, 3.63) is 87.9 Å². The van der Waals surface area contributed by atoms with Crippen LogP contribution >= 0.6 is 15.9 Å². The van der Waals surface area contributed by atoms with E-state index in [9.17, 15) is 0 Å². The van der Waals surface area contributed by atoms with Crippen LogP contribution in [0.4, 0.5) is 5.69 Å². The summed E-state index contributed by atoms with van der Waals surface area (Å²) in [5.74, 6) is 1.44. The second-order valence-corrected chi connectivity index (χ2v) is 6.96. The molecule has 0 atom stereocenters. The predicted molar refractivity (Wildman–Crippen MR) is 110 cm³/mol. The zero-order valence-electron chi connectivity index (χ0n) is 15.0. The van der Waals surface area contributed by atoms with Crippen LogP contribution in [0.5, 0.6) is 11.5 Å². The number of halogens is 1. The molecule has 3 aromatic rings. The van der Waals surface area contributed by atoms with Crippen LogP contribution in [0.15, 0.2) is 71.2 Å². The van der Waals surface area contributed by atoms with E-state index in [1.54, 1.807) is 7.11 Å². The SMILES string of the molecule is COc1cc(CNc2ccccc2)cc(Br)c1OCc1ccc(C)cc1. The highest BCUT2D eigenvalue weighted by atomic mass is 79.9. The Morgan fingerprint density at radius 1 is 0.923 bits per heavy atom. The number of hydrogen-bond acceptors (Lipinski definition) is 3. The minimum atomic E-state index is 0.497. The lowest BCUT2D eigenvalue weighted by Gasteiger charge is -2.15. The summed E-state index contributed by atoms with van der Waals surface area (Å²) in [6.07, 6.45) is 0. The maximum absolute atomic E-state index is 6.01. The predicted octanol–water partition coefficient (Wildman–Crippen LogP) is 5.96. The van der Waals surface area contributed by atoms with E-state index >= 15 is 0 Å². The van der Waals surface area contributed by atoms with Gasteiger partial charge in [-0.05, 0) is 58.2 Å². The van der Waals surface area contributed by atoms with Crippen LogP contribution in [-0.2, 0) is 13.2 Å². The van der Waals surface area contributed by atoms with Crippen molar-refractivity contribution in [1.82, 2.24) is 0 Å². The van der Waals surface area contributed by atoms with Gasteiger partial charge >= 0.3 is 0 Å². The Labute approximate surface area is 163 Å². The van der Waals surface area contributed by atoms with Crippen molar-refractivity contribution in [2.24, 2.45) is 0 Å². The number of nitrogens with one attached hydrogen (secondary N) is 1. The molecule has 0 radical (unpaired) electrons. The van der Waals surface area contributed by atoms with Crippen molar-refractivity contribution in [1.29, 1.82) is 0 Å². The van der Waals surface area contributed by atoms with Crippen molar-refractivity contribution in [2.45, 2.75) is 20.1 Å². The minimum absolute atomic E-state index is 0.497. The summed E-state index contributed by atoms with van der Waals surface area (Å²) in [7, 11) is 1.66. The van der Waals surface area contributed by atoms with Gasteiger partial charge in [0.1, 0.15) is 6.61 Å². The summed E-state index contributed by atoms with van der Waals surface area (Å²) < 4.78 is 12.4. The van der Waals surface area contributed by atoms with Gasteiger partial charge in [0.25, 0.3) is 0 Å². The van der Waals surface area contributed by atoms with Gasteiger partial charge in [-0.25, -0.2) is 0 Å². The number of methoxy groups -OCH3 is 1. The third-order valence-corrected chi connectivity index (χ3v) is 4.65. The molecule has 3 aromatic carbocycles. The number of anilines is 1. The van der Waals surface area contributed by atoms with E-state index in [0.29, 0.717) is 13.2 Å². The molecule has 1 N–H and O–H groups in total. The van der Waals surface area contributed by atoms with Gasteiger partial charge in [-0.1, -0.05) is 48.0 Å². The van der Waals surface area contributed by atoms with Crippen LogP contribution in [0.3, 0.4) is 0 Å². The molecule has 3 rings (SSSR count). The molecular formula is C22H22BrNO2. The molecule has 4 heteroatoms. The van der Waals surface area contributed by atoms with E-state index in [0.717, 1.165) is 32.8 Å². The topological polar surface area (TPSA) is 30.5 Å². The zero-order chi connectivity index (χ0) is 18.4. The summed E-state index contributed by atoms with van der Waals surface area (Å²) in [5, 5.41) is 3.40. The molecule has 0 unspecified atom stereocenters. The first-order valence-corrected chi connectivity index (χ1v) is 9.28. The monoisotopic (exact) mass is 411 g/mol. The van der Waals surface area contributed by atoms with Crippen LogP contribution in [0.2, 0.25) is 0 Å². The summed E-state index contributed by atoms with van der Waals surface area (Å²) in [4.78, 5) is 0. The number of benzene rings is 3. The standard InChI is InChI=1S/C22H22BrNO2/c1-16-8-10-17(11-9-16)15-26-22-20(23)12-18(13-21(22)25-2)14-24-19-6-4-3-5-7-19/h3-13,24H,14-15H2,1-2H3. The number of para-hydroxylation sites is 1. The van der Waals surface area contributed by atoms with Gasteiger partial charge in [0.05, 0.1) is 11.6 Å². The Morgan fingerprint density at radius 3 is 2.35 bits per heavy atom. The smallest absolute Gasteiger partial charge is 0.175 e. The van der Waals surface area contributed by atoms with Crippen molar-refractivity contribution in [2.75, 3.05) is 12.4 Å². The fraction of sp³-hybridized carbons (Fsp3) is 0.182. The molecule has 134 valence electrons. The van der Waals surface area contributed by atoms with E-state index in [1.807, 2.05) is 36.4 Å². The number of aryl methyl sites for hydroxylation is 1. The highest BCUT2D eigenvalue weighted by molar-refractivity contribution is 9.10. The molecule has 0 aromatic heterocycles. The lowest BCUT2D eigenvalue weighted by molar-refractivity contribution is 0.282. The third kappa shape index (κ3) is 4.79. The van der Waals surface area contributed by atoms with E-state index in [-0.39, 0.29) is 0 Å². The lowest BCUT2D eigenvalue weighted by Crippen LogP contribution is -2.02. The molecule has 0 spiro atoms. The van der Waals surface area contributed by atoms with Crippen molar-refractivity contribution >= 4 is 21.6 Å². The maximum atomic E-state index is 6.01. The van der Waals surface area contributed by atoms with Crippen LogP contribution in [0, 0.1) is 6.92 Å². The Hall–Kier alpha value is -2.46. The molecule has 0 amide bonds. The number of hydrogen-bond donors (Lipinski definition) is 1. The molecule has 0 aliphatic rings. The fourth-order valence-electron chi connectivity index (χ4n) is 2.62. The molecule has 26 heavy (non-hydrogen) atoms. The highest BCUT2D eigenvalue weighted by Crippen LogP contribution is 2.37. The number of rotatable bonds is 7. The van der Waals surface area contributed by atoms with Crippen molar-refractivity contribution in [3.8, 4) is 11.5 Å². The van der Waals surface area contributed by atoms with Crippen LogP contribution < -0.4 is 14.8 Å². The van der Waals surface area contributed by atoms with Gasteiger partial charge in [0.2, 0.25) is 0 Å². The molecule has 0 saturated carbocycles. The normalized spacial score (nSPS) is 10.4. The van der Waals surface area contributed by atoms with Crippen LogP contribution in [0.25, 0.3) is 0 Å². The van der Waals surface area contributed by atoms with E-state index in [2.05, 4.69) is 58.5 Å². The number of ether oxygens (including phenoxy) is 2. The van der Waals surface area contributed by atoms with Crippen LogP contribution in [0.1, 0.15) is 16.7 Å². The second-order valence-electron chi connectivity index (χ2n) is 6.10. The minimum Gasteiger partial charge on any atom is -0.493 e. The van der Waals surface area contributed by atoms with Crippen molar-refractivity contribution < 1.29 is 9.47 Å². The first-order valence-electron chi connectivity index (χ1n) is 8.49. The highest BCUT2D eigenvalue weighted by Gasteiger charge is 2.12. The average Bonchev–Trinajstić information content (AvgIpc) is 2.67. The Kier molecular flexibility index (Phi) is 6.18. The first-order chi connectivity index (χ1) is 12.7. The van der Waals surface area contributed by atoms with Gasteiger partial charge in [-0.15, -0.1) is 0 Å². The van der Waals surface area contributed by atoms with Gasteiger partial charge in [0, 0.05) is 12.2 Å². The molecule has 0 bridgehead atoms. The summed E-state index contributed by atoms with van der Waals surface area (Å²) >= 11 is 3.62. The summed E-state index contributed by atoms with van der Waals surface area (Å²) in [6, 6.07) is 22.5. The van der Waals surface area contributed by atoms with Crippen LogP contribution in [-0.4, -0.2) is 7.11 Å². The van der Waals surface area contributed by atoms with Gasteiger partial charge in [0.15, 0.2) is 11.5 Å². The molecular weight excluding hydrogens is 390 g/mol. The maximum Gasteiger partial charge on any atom is 0.175 e. The Morgan fingerprint density at radius 2 is 1.65 bits per heavy atom. The average molecular weight is 412 g/mol. The zero-order valence-corrected chi connectivity index (χ0v) is 16.5. The summed E-state index contributed by atoms with van der Waals surface area (Å²) in [6.45, 7) is 3.28. The Bertz CT molecular complexity index is 848. The molecule has 0 aliphatic heterocycles. The first kappa shape index (κ1) is 18.3. The molecule has 0 aliphatic carbocycles. The third-order valence-electron chi connectivity index (χ3n) is 4.06. The lowest BCUT2D eigenvalue weighted by atomic mass is 10.1. The van der Waals surface area contributed by atoms with E-state index < -0.39 is 0 Å². The van der Waals surface area contributed by atoms with E-state index in [1.165, 1.54) is 5.56 Å². The van der Waals surface area contributed by atoms with Gasteiger partial charge in [-0.2, -0.15) is 0 Å². The molecule has 0 fully saturated rings. The quantitative estimate of drug-likeness (QED) is 0.520.